The minimum absolute atomic E-state index is 0. The van der Waals surface area contributed by atoms with Gasteiger partial charge in [0.1, 0.15) is 0 Å². The predicted octanol–water partition coefficient (Wildman–Crippen LogP) is -1.59. The number of hydrogen-bond acceptors (Lipinski definition) is 3. The molecule has 1 saturated heterocycles. The van der Waals surface area contributed by atoms with Gasteiger partial charge in [0.05, 0.1) is 0 Å². The summed E-state index contributed by atoms with van der Waals surface area (Å²) in [7, 11) is 0. The standard InChI is InChI=1S/C6H8O5.2Na.2H/c1-5(3(7)8)6(2,11-5)4(9)10;;;;/h1-2H3,(H,7,8)(H,9,10);;;;. The fourth-order valence-corrected chi connectivity index (χ4v) is 0.878. The second-order valence-electron chi connectivity index (χ2n) is 2.78. The molecule has 66 valence electrons. The summed E-state index contributed by atoms with van der Waals surface area (Å²) < 4.78 is 4.62. The third-order valence-electron chi connectivity index (χ3n) is 2.09. The quantitative estimate of drug-likeness (QED) is 0.422. The van der Waals surface area contributed by atoms with Crippen LogP contribution in [0.15, 0.2) is 0 Å². The van der Waals surface area contributed by atoms with Crippen LogP contribution in [0.3, 0.4) is 0 Å². The number of carboxylic acid groups (broad SMARTS) is 2. The van der Waals surface area contributed by atoms with E-state index in [9.17, 15) is 9.59 Å². The summed E-state index contributed by atoms with van der Waals surface area (Å²) in [6, 6.07) is 0. The average Bonchev–Trinajstić information content (AvgIpc) is 2.39. The third kappa shape index (κ3) is 2.28. The van der Waals surface area contributed by atoms with Crippen molar-refractivity contribution in [1.82, 2.24) is 0 Å². The maximum absolute atomic E-state index is 10.4. The number of hydrogen-bond donors (Lipinski definition) is 2. The van der Waals surface area contributed by atoms with Gasteiger partial charge in [0.15, 0.2) is 0 Å². The summed E-state index contributed by atoms with van der Waals surface area (Å²) in [6.07, 6.45) is 0. The Labute approximate surface area is 119 Å². The number of rotatable bonds is 2. The van der Waals surface area contributed by atoms with Crippen LogP contribution in [-0.4, -0.2) is 92.5 Å². The zero-order valence-electron chi connectivity index (χ0n) is 6.12. The molecule has 0 bridgehead atoms. The molecule has 0 aliphatic carbocycles. The first-order chi connectivity index (χ1) is 4.84. The molecule has 0 amide bonds. The molecule has 0 radical (unpaired) electrons. The zero-order valence-corrected chi connectivity index (χ0v) is 6.12. The first-order valence-corrected chi connectivity index (χ1v) is 3.01. The number of epoxide rings is 1. The molecule has 0 spiro atoms. The van der Waals surface area contributed by atoms with E-state index in [4.69, 9.17) is 10.2 Å². The second kappa shape index (κ2) is 4.61. The van der Waals surface area contributed by atoms with E-state index in [0.717, 1.165) is 0 Å². The van der Waals surface area contributed by atoms with Crippen molar-refractivity contribution in [2.75, 3.05) is 0 Å². The minimum atomic E-state index is -1.56. The Morgan fingerprint density at radius 3 is 1.31 bits per heavy atom. The van der Waals surface area contributed by atoms with E-state index in [2.05, 4.69) is 4.74 Å². The van der Waals surface area contributed by atoms with Crippen molar-refractivity contribution in [3.63, 3.8) is 0 Å². The molecule has 1 heterocycles. The first kappa shape index (κ1) is 16.3. The Morgan fingerprint density at radius 2 is 1.23 bits per heavy atom. The van der Waals surface area contributed by atoms with Gasteiger partial charge in [-0.1, -0.05) is 0 Å². The van der Waals surface area contributed by atoms with Crippen LogP contribution in [0.5, 0.6) is 0 Å². The van der Waals surface area contributed by atoms with Crippen LogP contribution < -0.4 is 0 Å². The summed E-state index contributed by atoms with van der Waals surface area (Å²) >= 11 is 0. The van der Waals surface area contributed by atoms with Gasteiger partial charge in [-0.3, -0.25) is 0 Å². The molecule has 1 rings (SSSR count). The van der Waals surface area contributed by atoms with Gasteiger partial charge in [0, 0.05) is 0 Å². The van der Waals surface area contributed by atoms with Crippen LogP contribution in [0.25, 0.3) is 0 Å². The molecule has 0 saturated carbocycles. The molecular formula is C6H10Na2O5. The van der Waals surface area contributed by atoms with Gasteiger partial charge in [-0.15, -0.1) is 0 Å². The van der Waals surface area contributed by atoms with Crippen molar-refractivity contribution in [3.8, 4) is 0 Å². The summed E-state index contributed by atoms with van der Waals surface area (Å²) in [5, 5.41) is 17.0. The second-order valence-corrected chi connectivity index (χ2v) is 2.78. The van der Waals surface area contributed by atoms with Crippen LogP contribution in [-0.2, 0) is 14.3 Å². The van der Waals surface area contributed by atoms with E-state index in [1.807, 2.05) is 0 Å². The Hall–Kier alpha value is 0.900. The first-order valence-electron chi connectivity index (χ1n) is 3.01. The van der Waals surface area contributed by atoms with Gasteiger partial charge in [0.25, 0.3) is 0 Å². The molecule has 5 nitrogen and oxygen atoms in total. The summed E-state index contributed by atoms with van der Waals surface area (Å²) in [5.74, 6) is -2.50. The Morgan fingerprint density at radius 1 is 1.00 bits per heavy atom. The van der Waals surface area contributed by atoms with Gasteiger partial charge in [-0.05, 0) is 13.8 Å². The summed E-state index contributed by atoms with van der Waals surface area (Å²) in [6.45, 7) is 2.48. The van der Waals surface area contributed by atoms with Gasteiger partial charge in [-0.2, -0.15) is 0 Å². The SMILES string of the molecule is CC1(C(=O)O)OC1(C)C(=O)O.[NaH].[NaH]. The zero-order chi connectivity index (χ0) is 8.86. The molecule has 2 N–H and O–H groups in total. The third-order valence-corrected chi connectivity index (χ3v) is 2.09. The molecular weight excluding hydrogens is 198 g/mol. The Kier molecular flexibility index (Phi) is 5.80. The van der Waals surface area contributed by atoms with Gasteiger partial charge in [-0.25, -0.2) is 9.59 Å². The van der Waals surface area contributed by atoms with E-state index < -0.39 is 23.1 Å². The molecule has 0 aromatic heterocycles. The fraction of sp³-hybridized carbons (Fsp3) is 0.667. The van der Waals surface area contributed by atoms with Crippen LogP contribution in [0.2, 0.25) is 0 Å². The van der Waals surface area contributed by atoms with Crippen molar-refractivity contribution in [2.24, 2.45) is 0 Å². The summed E-state index contributed by atoms with van der Waals surface area (Å²) in [5.41, 5.74) is -3.11. The molecule has 0 aromatic carbocycles. The fourth-order valence-electron chi connectivity index (χ4n) is 0.878. The molecule has 1 fully saturated rings. The van der Waals surface area contributed by atoms with Crippen molar-refractivity contribution in [1.29, 1.82) is 0 Å². The maximum atomic E-state index is 10.4. The van der Waals surface area contributed by atoms with Gasteiger partial charge < -0.3 is 14.9 Å². The van der Waals surface area contributed by atoms with Gasteiger partial charge >= 0.3 is 71.1 Å². The number of ether oxygens (including phenoxy) is 1. The normalized spacial score (nSPS) is 35.2. The molecule has 1 aliphatic heterocycles. The predicted molar refractivity (Wildman–Crippen MR) is 47.5 cm³/mol. The molecule has 0 aromatic rings. The average molecular weight is 208 g/mol. The molecule has 1 aliphatic rings. The number of aliphatic carboxylic acids is 2. The van der Waals surface area contributed by atoms with E-state index in [-0.39, 0.29) is 59.1 Å². The topological polar surface area (TPSA) is 87.1 Å². The van der Waals surface area contributed by atoms with E-state index in [0.29, 0.717) is 0 Å². The van der Waals surface area contributed by atoms with Crippen LogP contribution in [0.1, 0.15) is 13.8 Å². The van der Waals surface area contributed by atoms with Crippen molar-refractivity contribution in [3.05, 3.63) is 0 Å². The van der Waals surface area contributed by atoms with E-state index in [1.54, 1.807) is 0 Å². The van der Waals surface area contributed by atoms with E-state index in [1.165, 1.54) is 13.8 Å². The molecule has 2 atom stereocenters. The van der Waals surface area contributed by atoms with E-state index >= 15 is 0 Å². The van der Waals surface area contributed by atoms with Crippen molar-refractivity contribution >= 4 is 71.1 Å². The van der Waals surface area contributed by atoms with Crippen LogP contribution >= 0.6 is 0 Å². The van der Waals surface area contributed by atoms with Crippen molar-refractivity contribution < 1.29 is 24.5 Å². The molecule has 13 heavy (non-hydrogen) atoms. The number of carbonyl (C=O) groups is 2. The Balaban J connectivity index is 0. The van der Waals surface area contributed by atoms with Gasteiger partial charge in [0.2, 0.25) is 11.2 Å². The summed E-state index contributed by atoms with van der Waals surface area (Å²) in [4.78, 5) is 20.8. The Bertz CT molecular complexity index is 219. The molecule has 2 unspecified atom stereocenters. The molecule has 7 heteroatoms. The van der Waals surface area contributed by atoms with Crippen LogP contribution in [0, 0.1) is 0 Å². The monoisotopic (exact) mass is 208 g/mol. The van der Waals surface area contributed by atoms with Crippen LogP contribution in [0.4, 0.5) is 0 Å². The van der Waals surface area contributed by atoms with Crippen molar-refractivity contribution in [2.45, 2.75) is 25.0 Å². The number of carboxylic acids is 2.